The van der Waals surface area contributed by atoms with Crippen LogP contribution < -0.4 is 24.8 Å². The van der Waals surface area contributed by atoms with Crippen LogP contribution in [-0.4, -0.2) is 40.7 Å². The number of benzene rings is 3. The van der Waals surface area contributed by atoms with Crippen molar-refractivity contribution in [2.75, 3.05) is 19.2 Å². The highest BCUT2D eigenvalue weighted by Gasteiger charge is 2.27. The van der Waals surface area contributed by atoms with Gasteiger partial charge >= 0.3 is 6.03 Å². The number of carbonyl (C=O) groups is 2. The number of phenols is 1. The number of aromatic nitrogens is 2. The van der Waals surface area contributed by atoms with E-state index in [0.29, 0.717) is 40.6 Å². The molecule has 1 aromatic heterocycles. The van der Waals surface area contributed by atoms with Crippen LogP contribution in [0.25, 0.3) is 11.3 Å². The summed E-state index contributed by atoms with van der Waals surface area (Å²) in [7, 11) is 1.61. The number of phenolic OH excluding ortho intramolecular Hbond substituents is 1. The van der Waals surface area contributed by atoms with E-state index in [2.05, 4.69) is 15.7 Å². The molecule has 2 aliphatic rings. The summed E-state index contributed by atoms with van der Waals surface area (Å²) in [4.78, 5) is 25.9. The van der Waals surface area contributed by atoms with Crippen molar-refractivity contribution in [3.63, 3.8) is 0 Å². The lowest BCUT2D eigenvalue weighted by atomic mass is 9.82. The Morgan fingerprint density at radius 3 is 2.55 bits per heavy atom. The first-order valence-electron chi connectivity index (χ1n) is 13.0. The minimum atomic E-state index is -0.351. The van der Waals surface area contributed by atoms with Gasteiger partial charge < -0.3 is 30.0 Å². The molecule has 0 bridgehead atoms. The number of amides is 2. The van der Waals surface area contributed by atoms with Gasteiger partial charge in [0.1, 0.15) is 11.5 Å². The highest BCUT2D eigenvalue weighted by Crippen LogP contribution is 2.39. The number of hydrogen-bond acceptors (Lipinski definition) is 7. The fourth-order valence-corrected chi connectivity index (χ4v) is 4.75. The van der Waals surface area contributed by atoms with Crippen molar-refractivity contribution in [2.24, 2.45) is 0 Å². The number of methoxy groups -OCH3 is 1. The molecule has 204 valence electrons. The average molecular weight is 541 g/mol. The summed E-state index contributed by atoms with van der Waals surface area (Å²) in [6, 6.07) is 18.8. The summed E-state index contributed by atoms with van der Waals surface area (Å²) in [5.74, 6) is 1.67. The Morgan fingerprint density at radius 1 is 1.02 bits per heavy atom. The molecule has 0 unspecified atom stereocenters. The SMILES string of the molecule is COc1ccc(CNC(=O)n2nc(-c3ccc(NC(=O)c4ccc5c(c4)OCO5)cc3O)cc2C2CCC2)cc1. The maximum atomic E-state index is 13.2. The fourth-order valence-electron chi connectivity index (χ4n) is 4.75. The zero-order valence-electron chi connectivity index (χ0n) is 21.8. The van der Waals surface area contributed by atoms with Crippen molar-refractivity contribution < 1.29 is 28.9 Å². The minimum Gasteiger partial charge on any atom is -0.507 e. The Kier molecular flexibility index (Phi) is 6.73. The minimum absolute atomic E-state index is 0.0630. The molecule has 40 heavy (non-hydrogen) atoms. The van der Waals surface area contributed by atoms with Crippen molar-refractivity contribution in [3.05, 3.63) is 83.6 Å². The number of carbonyl (C=O) groups excluding carboxylic acids is 2. The van der Waals surface area contributed by atoms with Crippen LogP contribution in [0.5, 0.6) is 23.0 Å². The molecule has 1 aliphatic heterocycles. The van der Waals surface area contributed by atoms with Crippen LogP contribution in [0.4, 0.5) is 10.5 Å². The molecule has 10 heteroatoms. The molecule has 10 nitrogen and oxygen atoms in total. The molecular formula is C30H28N4O6. The fraction of sp³-hybridized carbons (Fsp3) is 0.233. The molecule has 2 heterocycles. The highest BCUT2D eigenvalue weighted by molar-refractivity contribution is 6.05. The van der Waals surface area contributed by atoms with Crippen LogP contribution >= 0.6 is 0 Å². The van der Waals surface area contributed by atoms with Crippen LogP contribution in [0.2, 0.25) is 0 Å². The first kappa shape index (κ1) is 25.3. The van der Waals surface area contributed by atoms with Crippen LogP contribution in [0.3, 0.4) is 0 Å². The van der Waals surface area contributed by atoms with Gasteiger partial charge in [0.25, 0.3) is 5.91 Å². The molecular weight excluding hydrogens is 512 g/mol. The maximum absolute atomic E-state index is 13.2. The van der Waals surface area contributed by atoms with E-state index < -0.39 is 0 Å². The van der Waals surface area contributed by atoms with Crippen LogP contribution in [-0.2, 0) is 6.54 Å². The Morgan fingerprint density at radius 2 is 1.82 bits per heavy atom. The Labute approximate surface area is 230 Å². The van der Waals surface area contributed by atoms with E-state index in [1.165, 1.54) is 10.7 Å². The average Bonchev–Trinajstić information content (AvgIpc) is 3.58. The number of aromatic hydroxyl groups is 1. The van der Waals surface area contributed by atoms with Gasteiger partial charge in [0.05, 0.1) is 18.5 Å². The van der Waals surface area contributed by atoms with E-state index in [-0.39, 0.29) is 30.4 Å². The maximum Gasteiger partial charge on any atom is 0.342 e. The smallest absolute Gasteiger partial charge is 0.342 e. The highest BCUT2D eigenvalue weighted by atomic mass is 16.7. The van der Waals surface area contributed by atoms with E-state index in [1.54, 1.807) is 37.4 Å². The molecule has 4 aromatic rings. The van der Waals surface area contributed by atoms with Crippen LogP contribution in [0.1, 0.15) is 46.8 Å². The Balaban J connectivity index is 1.19. The summed E-state index contributed by atoms with van der Waals surface area (Å²) in [5.41, 5.74) is 3.50. The van der Waals surface area contributed by atoms with Gasteiger partial charge in [-0.25, -0.2) is 4.79 Å². The second-order valence-electron chi connectivity index (χ2n) is 9.75. The van der Waals surface area contributed by atoms with E-state index in [4.69, 9.17) is 14.2 Å². The third-order valence-corrected chi connectivity index (χ3v) is 7.22. The number of hydrogen-bond donors (Lipinski definition) is 3. The molecule has 0 atom stereocenters. The van der Waals surface area contributed by atoms with E-state index in [0.717, 1.165) is 36.3 Å². The van der Waals surface area contributed by atoms with Crippen molar-refractivity contribution in [1.29, 1.82) is 0 Å². The van der Waals surface area contributed by atoms with Gasteiger partial charge in [0, 0.05) is 35.3 Å². The van der Waals surface area contributed by atoms with Crippen LogP contribution in [0.15, 0.2) is 66.7 Å². The zero-order chi connectivity index (χ0) is 27.6. The summed E-state index contributed by atoms with van der Waals surface area (Å²) >= 11 is 0. The lowest BCUT2D eigenvalue weighted by molar-refractivity contribution is 0.102. The van der Waals surface area contributed by atoms with Gasteiger partial charge in [-0.2, -0.15) is 9.78 Å². The number of rotatable bonds is 7. The van der Waals surface area contributed by atoms with Gasteiger partial charge in [-0.05, 0) is 66.9 Å². The molecule has 1 aliphatic carbocycles. The first-order chi connectivity index (χ1) is 19.5. The monoisotopic (exact) mass is 540 g/mol. The normalized spacial score (nSPS) is 13.9. The van der Waals surface area contributed by atoms with Crippen molar-refractivity contribution in [3.8, 4) is 34.3 Å². The molecule has 1 saturated carbocycles. The standard InChI is InChI=1S/C30H28N4O6/c1-38-22-9-5-18(6-10-22)16-31-30(37)34-25(19-3-2-4-19)15-24(33-34)23-11-8-21(14-26(23)35)32-29(36)20-7-12-27-28(13-20)40-17-39-27/h5-15,19,35H,2-4,16-17H2,1H3,(H,31,37)(H,32,36). The summed E-state index contributed by atoms with van der Waals surface area (Å²) in [6.45, 7) is 0.462. The van der Waals surface area contributed by atoms with Crippen molar-refractivity contribution >= 4 is 17.6 Å². The first-order valence-corrected chi connectivity index (χ1v) is 13.0. The quantitative estimate of drug-likeness (QED) is 0.292. The lowest BCUT2D eigenvalue weighted by Gasteiger charge is -2.25. The van der Waals surface area contributed by atoms with Gasteiger partial charge in [-0.15, -0.1) is 0 Å². The third-order valence-electron chi connectivity index (χ3n) is 7.22. The predicted molar refractivity (Wildman–Crippen MR) is 147 cm³/mol. The third kappa shape index (κ3) is 5.03. The molecule has 0 saturated heterocycles. The number of fused-ring (bicyclic) bond motifs is 1. The molecule has 3 N–H and O–H groups in total. The molecule has 0 radical (unpaired) electrons. The van der Waals surface area contributed by atoms with Gasteiger partial charge in [-0.3, -0.25) is 4.79 Å². The van der Waals surface area contributed by atoms with E-state index in [1.807, 2.05) is 30.3 Å². The largest absolute Gasteiger partial charge is 0.507 e. The van der Waals surface area contributed by atoms with Gasteiger partial charge in [0.2, 0.25) is 6.79 Å². The summed E-state index contributed by atoms with van der Waals surface area (Å²) < 4.78 is 17.2. The summed E-state index contributed by atoms with van der Waals surface area (Å²) in [5, 5.41) is 21.1. The van der Waals surface area contributed by atoms with Crippen molar-refractivity contribution in [1.82, 2.24) is 15.1 Å². The number of anilines is 1. The lowest BCUT2D eigenvalue weighted by Crippen LogP contribution is -2.31. The van der Waals surface area contributed by atoms with Crippen molar-refractivity contribution in [2.45, 2.75) is 31.7 Å². The second-order valence-corrected chi connectivity index (χ2v) is 9.75. The van der Waals surface area contributed by atoms with E-state index in [9.17, 15) is 14.7 Å². The van der Waals surface area contributed by atoms with Crippen LogP contribution in [0, 0.1) is 0 Å². The van der Waals surface area contributed by atoms with E-state index >= 15 is 0 Å². The second kappa shape index (κ2) is 10.6. The molecule has 2 amide bonds. The predicted octanol–water partition coefficient (Wildman–Crippen LogP) is 5.27. The Hall–Kier alpha value is -4.99. The Bertz CT molecular complexity index is 1580. The molecule has 0 spiro atoms. The number of ether oxygens (including phenoxy) is 3. The molecule has 3 aromatic carbocycles. The van der Waals surface area contributed by atoms with Gasteiger partial charge in [-0.1, -0.05) is 18.6 Å². The number of nitrogens with one attached hydrogen (secondary N) is 2. The molecule has 1 fully saturated rings. The summed E-state index contributed by atoms with van der Waals surface area (Å²) in [6.07, 6.45) is 3.06. The molecule has 6 rings (SSSR count). The van der Waals surface area contributed by atoms with Gasteiger partial charge in [0.15, 0.2) is 11.5 Å². The zero-order valence-corrected chi connectivity index (χ0v) is 21.8. The number of nitrogens with zero attached hydrogens (tertiary/aromatic N) is 2. The topological polar surface area (TPSA) is 124 Å².